The lowest BCUT2D eigenvalue weighted by atomic mass is 10.1. The maximum atomic E-state index is 12.3. The van der Waals surface area contributed by atoms with Crippen molar-refractivity contribution >= 4 is 17.2 Å². The molecule has 0 saturated carbocycles. The number of nitrogens with zero attached hydrogens (tertiary/aromatic N) is 1. The monoisotopic (exact) mass is 275 g/mol. The molecule has 1 aromatic heterocycles. The van der Waals surface area contributed by atoms with Gasteiger partial charge in [0, 0.05) is 19.2 Å². The average molecular weight is 275 g/mol. The van der Waals surface area contributed by atoms with Crippen molar-refractivity contribution in [1.29, 1.82) is 0 Å². The number of amides is 1. The standard InChI is InChI=1S/C14H13NO3S/c1-15(7-10-4-5-19-8-10)14(16)11-2-3-12-13(6-11)18-9-17-12/h2-6,8H,7,9H2,1H3. The molecule has 0 spiro atoms. The summed E-state index contributed by atoms with van der Waals surface area (Å²) in [5.41, 5.74) is 1.75. The van der Waals surface area contributed by atoms with Crippen LogP contribution in [0, 0.1) is 0 Å². The fourth-order valence-electron chi connectivity index (χ4n) is 1.98. The summed E-state index contributed by atoms with van der Waals surface area (Å²) >= 11 is 1.63. The van der Waals surface area contributed by atoms with E-state index in [4.69, 9.17) is 9.47 Å². The molecular formula is C14H13NO3S. The van der Waals surface area contributed by atoms with Crippen LogP contribution in [0.25, 0.3) is 0 Å². The van der Waals surface area contributed by atoms with Gasteiger partial charge in [-0.1, -0.05) is 0 Å². The Bertz CT molecular complexity index is 595. The number of rotatable bonds is 3. The normalized spacial score (nSPS) is 12.5. The van der Waals surface area contributed by atoms with E-state index < -0.39 is 0 Å². The summed E-state index contributed by atoms with van der Waals surface area (Å²) in [6.07, 6.45) is 0. The third kappa shape index (κ3) is 2.42. The van der Waals surface area contributed by atoms with Gasteiger partial charge in [0.15, 0.2) is 11.5 Å². The van der Waals surface area contributed by atoms with Gasteiger partial charge in [-0.15, -0.1) is 0 Å². The van der Waals surface area contributed by atoms with Crippen molar-refractivity contribution in [2.45, 2.75) is 6.54 Å². The zero-order valence-electron chi connectivity index (χ0n) is 10.5. The number of hydrogen-bond donors (Lipinski definition) is 0. The van der Waals surface area contributed by atoms with Crippen molar-refractivity contribution in [3.05, 3.63) is 46.2 Å². The summed E-state index contributed by atoms with van der Waals surface area (Å²) in [4.78, 5) is 14.0. The van der Waals surface area contributed by atoms with Crippen LogP contribution in [-0.4, -0.2) is 24.6 Å². The van der Waals surface area contributed by atoms with Crippen LogP contribution < -0.4 is 9.47 Å². The third-order valence-electron chi connectivity index (χ3n) is 2.97. The second-order valence-corrected chi connectivity index (χ2v) is 5.14. The number of carbonyl (C=O) groups is 1. The summed E-state index contributed by atoms with van der Waals surface area (Å²) < 4.78 is 10.5. The molecule has 0 fully saturated rings. The molecule has 0 unspecified atom stereocenters. The van der Waals surface area contributed by atoms with E-state index in [1.165, 1.54) is 0 Å². The number of fused-ring (bicyclic) bond motifs is 1. The Balaban J connectivity index is 1.76. The van der Waals surface area contributed by atoms with Crippen molar-refractivity contribution in [1.82, 2.24) is 4.90 Å². The first kappa shape index (κ1) is 12.0. The molecule has 0 N–H and O–H groups in total. The summed E-state index contributed by atoms with van der Waals surface area (Å²) in [7, 11) is 1.80. The Morgan fingerprint density at radius 2 is 2.16 bits per heavy atom. The van der Waals surface area contributed by atoms with E-state index in [9.17, 15) is 4.79 Å². The van der Waals surface area contributed by atoms with Gasteiger partial charge in [-0.3, -0.25) is 4.79 Å². The van der Waals surface area contributed by atoms with E-state index in [0.29, 0.717) is 23.6 Å². The molecule has 3 rings (SSSR count). The lowest BCUT2D eigenvalue weighted by Gasteiger charge is -2.16. The minimum atomic E-state index is -0.0236. The lowest BCUT2D eigenvalue weighted by molar-refractivity contribution is 0.0785. The van der Waals surface area contributed by atoms with E-state index >= 15 is 0 Å². The van der Waals surface area contributed by atoms with Gasteiger partial charge in [0.2, 0.25) is 6.79 Å². The zero-order chi connectivity index (χ0) is 13.2. The van der Waals surface area contributed by atoms with Gasteiger partial charge in [0.05, 0.1) is 0 Å². The predicted molar refractivity (Wildman–Crippen MR) is 72.7 cm³/mol. The van der Waals surface area contributed by atoms with Gasteiger partial charge in [-0.2, -0.15) is 11.3 Å². The fraction of sp³-hybridized carbons (Fsp3) is 0.214. The Labute approximate surface area is 115 Å². The predicted octanol–water partition coefficient (Wildman–Crippen LogP) is 2.75. The lowest BCUT2D eigenvalue weighted by Crippen LogP contribution is -2.25. The quantitative estimate of drug-likeness (QED) is 0.864. The van der Waals surface area contributed by atoms with Gasteiger partial charge in [-0.25, -0.2) is 0 Å². The highest BCUT2D eigenvalue weighted by Crippen LogP contribution is 2.32. The molecule has 1 amide bonds. The molecule has 19 heavy (non-hydrogen) atoms. The highest BCUT2D eigenvalue weighted by Gasteiger charge is 2.18. The highest BCUT2D eigenvalue weighted by atomic mass is 32.1. The molecule has 0 bridgehead atoms. The van der Waals surface area contributed by atoms with E-state index in [0.717, 1.165) is 5.56 Å². The molecule has 1 aromatic carbocycles. The maximum Gasteiger partial charge on any atom is 0.254 e. The first-order valence-electron chi connectivity index (χ1n) is 5.90. The highest BCUT2D eigenvalue weighted by molar-refractivity contribution is 7.07. The molecule has 0 saturated heterocycles. The second-order valence-electron chi connectivity index (χ2n) is 4.36. The van der Waals surface area contributed by atoms with Crippen LogP contribution >= 0.6 is 11.3 Å². The Kier molecular flexibility index (Phi) is 3.13. The largest absolute Gasteiger partial charge is 0.454 e. The van der Waals surface area contributed by atoms with Crippen molar-refractivity contribution in [2.24, 2.45) is 0 Å². The van der Waals surface area contributed by atoms with Crippen LogP contribution in [0.1, 0.15) is 15.9 Å². The number of ether oxygens (including phenoxy) is 2. The van der Waals surface area contributed by atoms with E-state index in [2.05, 4.69) is 0 Å². The van der Waals surface area contributed by atoms with Crippen molar-refractivity contribution in [3.63, 3.8) is 0 Å². The molecule has 2 heterocycles. The smallest absolute Gasteiger partial charge is 0.254 e. The summed E-state index contributed by atoms with van der Waals surface area (Å²) in [5.74, 6) is 1.30. The Morgan fingerprint density at radius 1 is 1.32 bits per heavy atom. The summed E-state index contributed by atoms with van der Waals surface area (Å²) in [5, 5.41) is 4.05. The molecule has 0 atom stereocenters. The molecule has 4 nitrogen and oxygen atoms in total. The van der Waals surface area contributed by atoms with Crippen LogP contribution in [0.3, 0.4) is 0 Å². The second kappa shape index (κ2) is 4.93. The van der Waals surface area contributed by atoms with Crippen molar-refractivity contribution < 1.29 is 14.3 Å². The Hall–Kier alpha value is -2.01. The molecular weight excluding hydrogens is 262 g/mol. The summed E-state index contributed by atoms with van der Waals surface area (Å²) in [6, 6.07) is 7.29. The van der Waals surface area contributed by atoms with Gasteiger partial charge < -0.3 is 14.4 Å². The van der Waals surface area contributed by atoms with Gasteiger partial charge >= 0.3 is 0 Å². The average Bonchev–Trinajstić information content (AvgIpc) is 3.07. The SMILES string of the molecule is CN(Cc1ccsc1)C(=O)c1ccc2c(c1)OCO2. The molecule has 2 aromatic rings. The molecule has 0 aliphatic carbocycles. The van der Waals surface area contributed by atoms with Crippen molar-refractivity contribution in [3.8, 4) is 11.5 Å². The number of thiophene rings is 1. The van der Waals surface area contributed by atoms with Crippen LogP contribution in [-0.2, 0) is 6.54 Å². The van der Waals surface area contributed by atoms with Crippen LogP contribution in [0.5, 0.6) is 11.5 Å². The van der Waals surface area contributed by atoms with E-state index in [1.54, 1.807) is 41.5 Å². The fourth-order valence-corrected chi connectivity index (χ4v) is 2.64. The molecule has 5 heteroatoms. The van der Waals surface area contributed by atoms with Crippen molar-refractivity contribution in [2.75, 3.05) is 13.8 Å². The molecule has 1 aliphatic heterocycles. The van der Waals surface area contributed by atoms with E-state index in [-0.39, 0.29) is 12.7 Å². The van der Waals surface area contributed by atoms with Crippen LogP contribution in [0.4, 0.5) is 0 Å². The Morgan fingerprint density at radius 3 is 2.95 bits per heavy atom. The van der Waals surface area contributed by atoms with Crippen LogP contribution in [0.2, 0.25) is 0 Å². The number of carbonyl (C=O) groups excluding carboxylic acids is 1. The topological polar surface area (TPSA) is 38.8 Å². The van der Waals surface area contributed by atoms with Gasteiger partial charge in [-0.05, 0) is 40.6 Å². The molecule has 1 aliphatic rings. The van der Waals surface area contributed by atoms with Crippen LogP contribution in [0.15, 0.2) is 35.0 Å². The minimum Gasteiger partial charge on any atom is -0.454 e. The summed E-state index contributed by atoms with van der Waals surface area (Å²) in [6.45, 7) is 0.828. The first-order valence-corrected chi connectivity index (χ1v) is 6.84. The first-order chi connectivity index (χ1) is 9.24. The van der Waals surface area contributed by atoms with E-state index in [1.807, 2.05) is 16.8 Å². The molecule has 0 radical (unpaired) electrons. The molecule has 98 valence electrons. The maximum absolute atomic E-state index is 12.3. The minimum absolute atomic E-state index is 0.0236. The number of hydrogen-bond acceptors (Lipinski definition) is 4. The van der Waals surface area contributed by atoms with Gasteiger partial charge in [0.25, 0.3) is 5.91 Å². The number of benzene rings is 1. The zero-order valence-corrected chi connectivity index (χ0v) is 11.3. The third-order valence-corrected chi connectivity index (χ3v) is 3.70. The van der Waals surface area contributed by atoms with Gasteiger partial charge in [0.1, 0.15) is 0 Å².